The van der Waals surface area contributed by atoms with Crippen molar-refractivity contribution >= 4 is 5.69 Å². The van der Waals surface area contributed by atoms with E-state index in [1.807, 2.05) is 6.92 Å². The van der Waals surface area contributed by atoms with Crippen molar-refractivity contribution in [3.8, 4) is 0 Å². The summed E-state index contributed by atoms with van der Waals surface area (Å²) in [5.41, 5.74) is 0.502. The second-order valence-corrected chi connectivity index (χ2v) is 5.77. The molecule has 0 radical (unpaired) electrons. The highest BCUT2D eigenvalue weighted by atomic mass is 19.1. The summed E-state index contributed by atoms with van der Waals surface area (Å²) in [4.78, 5) is 0. The van der Waals surface area contributed by atoms with Gasteiger partial charge in [0, 0.05) is 6.04 Å². The zero-order valence-corrected chi connectivity index (χ0v) is 11.0. The van der Waals surface area contributed by atoms with Crippen LogP contribution in [0, 0.1) is 17.0 Å². The molecule has 0 aromatic heterocycles. The molecule has 0 fully saturated rings. The number of halogens is 2. The zero-order valence-electron chi connectivity index (χ0n) is 11.0. The first-order valence-corrected chi connectivity index (χ1v) is 5.99. The van der Waals surface area contributed by atoms with Gasteiger partial charge in [-0.2, -0.15) is 0 Å². The maximum absolute atomic E-state index is 13.4. The lowest BCUT2D eigenvalue weighted by Gasteiger charge is -2.22. The summed E-state index contributed by atoms with van der Waals surface area (Å²) in [6.07, 6.45) is 1.97. The average Bonchev–Trinajstić information content (AvgIpc) is 2.20. The lowest BCUT2D eigenvalue weighted by molar-refractivity contribution is 0.356. The highest BCUT2D eigenvalue weighted by Gasteiger charge is 2.13. The minimum atomic E-state index is -0.420. The number of hydrogen-bond acceptors (Lipinski definition) is 1. The second kappa shape index (κ2) is 5.48. The zero-order chi connectivity index (χ0) is 13.1. The second-order valence-electron chi connectivity index (χ2n) is 5.77. The van der Waals surface area contributed by atoms with Gasteiger partial charge in [-0.25, -0.2) is 8.78 Å². The molecule has 0 aliphatic rings. The van der Waals surface area contributed by atoms with Gasteiger partial charge in [-0.05, 0) is 43.4 Å². The van der Waals surface area contributed by atoms with Gasteiger partial charge in [0.05, 0.1) is 5.69 Å². The molecule has 17 heavy (non-hydrogen) atoms. The lowest BCUT2D eigenvalue weighted by Crippen LogP contribution is -2.19. The third-order valence-corrected chi connectivity index (χ3v) is 2.66. The van der Waals surface area contributed by atoms with Gasteiger partial charge in [0.15, 0.2) is 0 Å². The molecule has 0 spiro atoms. The Hall–Kier alpha value is -1.12. The van der Waals surface area contributed by atoms with Crippen LogP contribution in [0.2, 0.25) is 0 Å². The summed E-state index contributed by atoms with van der Waals surface area (Å²) in [5.74, 6) is -0.828. The maximum Gasteiger partial charge on any atom is 0.146 e. The van der Waals surface area contributed by atoms with Crippen molar-refractivity contribution in [3.63, 3.8) is 0 Å². The molecule has 1 N–H and O–H groups in total. The van der Waals surface area contributed by atoms with Crippen molar-refractivity contribution in [2.45, 2.75) is 46.6 Å². The molecular formula is C14H21F2N. The quantitative estimate of drug-likeness (QED) is 0.812. The molecule has 0 saturated carbocycles. The van der Waals surface area contributed by atoms with Crippen molar-refractivity contribution in [2.75, 3.05) is 5.32 Å². The monoisotopic (exact) mass is 241 g/mol. The minimum Gasteiger partial charge on any atom is -0.380 e. The summed E-state index contributed by atoms with van der Waals surface area (Å²) in [6, 6.07) is 3.60. The van der Waals surface area contributed by atoms with Crippen LogP contribution in [0.5, 0.6) is 0 Å². The predicted molar refractivity (Wildman–Crippen MR) is 68.1 cm³/mol. The van der Waals surface area contributed by atoms with Crippen LogP contribution >= 0.6 is 0 Å². The van der Waals surface area contributed by atoms with Crippen LogP contribution in [0.25, 0.3) is 0 Å². The van der Waals surface area contributed by atoms with Crippen molar-refractivity contribution in [1.29, 1.82) is 0 Å². The lowest BCUT2D eigenvalue weighted by atomic mass is 9.89. The fraction of sp³-hybridized carbons (Fsp3) is 0.571. The Morgan fingerprint density at radius 2 is 1.88 bits per heavy atom. The molecule has 1 aromatic rings. The van der Waals surface area contributed by atoms with E-state index in [2.05, 4.69) is 26.1 Å². The minimum absolute atomic E-state index is 0.130. The number of hydrogen-bond donors (Lipinski definition) is 1. The maximum atomic E-state index is 13.4. The Bertz CT molecular complexity index is 369. The molecule has 1 atom stereocenters. The Morgan fingerprint density at radius 1 is 1.24 bits per heavy atom. The van der Waals surface area contributed by atoms with Gasteiger partial charge in [0.1, 0.15) is 11.6 Å². The van der Waals surface area contributed by atoms with Crippen LogP contribution in [0.1, 0.15) is 40.5 Å². The van der Waals surface area contributed by atoms with Crippen LogP contribution in [0.3, 0.4) is 0 Å². The predicted octanol–water partition coefficient (Wildman–Crippen LogP) is 4.59. The fourth-order valence-electron chi connectivity index (χ4n) is 1.60. The molecular weight excluding hydrogens is 220 g/mol. The van der Waals surface area contributed by atoms with Crippen molar-refractivity contribution in [1.82, 2.24) is 0 Å². The largest absolute Gasteiger partial charge is 0.380 e. The first-order valence-electron chi connectivity index (χ1n) is 5.99. The van der Waals surface area contributed by atoms with Crippen LogP contribution in [0.4, 0.5) is 14.5 Å². The SMILES string of the molecule is CC(CCC(C)(C)C)Nc1cc(F)ccc1F. The number of nitrogens with one attached hydrogen (secondary N) is 1. The highest BCUT2D eigenvalue weighted by molar-refractivity contribution is 5.45. The van der Waals surface area contributed by atoms with E-state index in [0.29, 0.717) is 0 Å². The van der Waals surface area contributed by atoms with Gasteiger partial charge in [-0.1, -0.05) is 20.8 Å². The van der Waals surface area contributed by atoms with E-state index < -0.39 is 11.6 Å². The summed E-state index contributed by atoms with van der Waals surface area (Å²) >= 11 is 0. The standard InChI is InChI=1S/C14H21F2N/c1-10(7-8-14(2,3)4)17-13-9-11(15)5-6-12(13)16/h5-6,9-10,17H,7-8H2,1-4H3. The molecule has 1 aromatic carbocycles. The number of anilines is 1. The normalized spacial score (nSPS) is 13.5. The first kappa shape index (κ1) is 13.9. The average molecular weight is 241 g/mol. The van der Waals surface area contributed by atoms with E-state index in [4.69, 9.17) is 0 Å². The number of rotatable bonds is 4. The fourth-order valence-corrected chi connectivity index (χ4v) is 1.60. The molecule has 0 heterocycles. The molecule has 96 valence electrons. The third-order valence-electron chi connectivity index (χ3n) is 2.66. The van der Waals surface area contributed by atoms with Crippen molar-refractivity contribution in [3.05, 3.63) is 29.8 Å². The van der Waals surface area contributed by atoms with E-state index in [9.17, 15) is 8.78 Å². The van der Waals surface area contributed by atoms with E-state index in [0.717, 1.165) is 25.0 Å². The Morgan fingerprint density at radius 3 is 2.47 bits per heavy atom. The summed E-state index contributed by atoms with van der Waals surface area (Å²) in [6.45, 7) is 8.49. The third kappa shape index (κ3) is 5.16. The molecule has 1 nitrogen and oxygen atoms in total. The van der Waals surface area contributed by atoms with Crippen molar-refractivity contribution < 1.29 is 8.78 Å². The molecule has 0 bridgehead atoms. The summed E-state index contributed by atoms with van der Waals surface area (Å²) in [7, 11) is 0. The van der Waals surface area contributed by atoms with Gasteiger partial charge in [-0.15, -0.1) is 0 Å². The Labute approximate surface area is 102 Å². The van der Waals surface area contributed by atoms with Crippen LogP contribution in [-0.4, -0.2) is 6.04 Å². The molecule has 0 aliphatic carbocycles. The topological polar surface area (TPSA) is 12.0 Å². The van der Waals surface area contributed by atoms with Gasteiger partial charge < -0.3 is 5.32 Å². The van der Waals surface area contributed by atoms with Crippen LogP contribution < -0.4 is 5.32 Å². The molecule has 0 aliphatic heterocycles. The number of benzene rings is 1. The molecule has 0 amide bonds. The molecule has 0 saturated heterocycles. The first-order chi connectivity index (χ1) is 7.78. The van der Waals surface area contributed by atoms with E-state index in [1.54, 1.807) is 0 Å². The molecule has 3 heteroatoms. The molecule has 1 rings (SSSR count). The van der Waals surface area contributed by atoms with E-state index in [-0.39, 0.29) is 17.1 Å². The molecule has 1 unspecified atom stereocenters. The van der Waals surface area contributed by atoms with Crippen molar-refractivity contribution in [2.24, 2.45) is 5.41 Å². The van der Waals surface area contributed by atoms with Gasteiger partial charge in [0.2, 0.25) is 0 Å². The van der Waals surface area contributed by atoms with Crippen LogP contribution in [-0.2, 0) is 0 Å². The Kier molecular flexibility index (Phi) is 4.49. The van der Waals surface area contributed by atoms with Gasteiger partial charge in [-0.3, -0.25) is 0 Å². The summed E-state index contributed by atoms with van der Waals surface area (Å²) in [5, 5.41) is 3.01. The van der Waals surface area contributed by atoms with Crippen LogP contribution in [0.15, 0.2) is 18.2 Å². The van der Waals surface area contributed by atoms with E-state index >= 15 is 0 Å². The van der Waals surface area contributed by atoms with Gasteiger partial charge in [0.25, 0.3) is 0 Å². The van der Waals surface area contributed by atoms with Gasteiger partial charge >= 0.3 is 0 Å². The smallest absolute Gasteiger partial charge is 0.146 e. The highest BCUT2D eigenvalue weighted by Crippen LogP contribution is 2.23. The summed E-state index contributed by atoms with van der Waals surface area (Å²) < 4.78 is 26.3. The Balaban J connectivity index is 2.56. The van der Waals surface area contributed by atoms with E-state index in [1.165, 1.54) is 6.07 Å².